The van der Waals surface area contributed by atoms with Gasteiger partial charge in [0.2, 0.25) is 0 Å². The normalized spacial score (nSPS) is 10.5. The first-order valence-electron chi connectivity index (χ1n) is 5.49. The number of rotatable bonds is 5. The zero-order valence-electron chi connectivity index (χ0n) is 9.92. The third kappa shape index (κ3) is 3.12. The number of hydrogen-bond acceptors (Lipinski definition) is 5. The molecule has 94 valence electrons. The van der Waals surface area contributed by atoms with E-state index in [1.807, 2.05) is 12.3 Å². The molecule has 0 saturated carbocycles. The smallest absolute Gasteiger partial charge is 0.272 e. The molecule has 0 aliphatic rings. The summed E-state index contributed by atoms with van der Waals surface area (Å²) in [5.41, 5.74) is 3.56. The predicted octanol–water partition coefficient (Wildman–Crippen LogP) is 2.65. The SMILES string of the molecule is Cc1ccc(CNCc2cncs2)cc1[N+](=O)[O-]. The van der Waals surface area contributed by atoms with Crippen LogP contribution in [0.3, 0.4) is 0 Å². The van der Waals surface area contributed by atoms with Crippen molar-refractivity contribution in [2.24, 2.45) is 0 Å². The van der Waals surface area contributed by atoms with Gasteiger partial charge in [0, 0.05) is 35.8 Å². The summed E-state index contributed by atoms with van der Waals surface area (Å²) in [6, 6.07) is 5.30. The molecule has 0 fully saturated rings. The maximum absolute atomic E-state index is 10.8. The Morgan fingerprint density at radius 1 is 1.44 bits per heavy atom. The maximum atomic E-state index is 10.8. The monoisotopic (exact) mass is 263 g/mol. The Hall–Kier alpha value is -1.79. The van der Waals surface area contributed by atoms with Gasteiger partial charge in [-0.05, 0) is 12.5 Å². The fourth-order valence-corrected chi connectivity index (χ4v) is 2.19. The van der Waals surface area contributed by atoms with E-state index in [1.165, 1.54) is 0 Å². The summed E-state index contributed by atoms with van der Waals surface area (Å²) in [7, 11) is 0. The minimum atomic E-state index is -0.345. The molecule has 1 heterocycles. The molecule has 1 aromatic heterocycles. The van der Waals surface area contributed by atoms with Gasteiger partial charge in [-0.2, -0.15) is 0 Å². The van der Waals surface area contributed by atoms with Gasteiger partial charge < -0.3 is 5.32 Å². The molecule has 0 spiro atoms. The molecule has 5 nitrogen and oxygen atoms in total. The van der Waals surface area contributed by atoms with Gasteiger partial charge in [-0.3, -0.25) is 15.1 Å². The van der Waals surface area contributed by atoms with Crippen LogP contribution in [0.4, 0.5) is 5.69 Å². The Kier molecular flexibility index (Phi) is 4.01. The van der Waals surface area contributed by atoms with Crippen LogP contribution in [0.15, 0.2) is 29.9 Å². The predicted molar refractivity (Wildman–Crippen MR) is 70.5 cm³/mol. The molecule has 0 aliphatic carbocycles. The summed E-state index contributed by atoms with van der Waals surface area (Å²) in [5.74, 6) is 0. The zero-order valence-corrected chi connectivity index (χ0v) is 10.7. The van der Waals surface area contributed by atoms with E-state index in [0.29, 0.717) is 12.1 Å². The lowest BCUT2D eigenvalue weighted by atomic mass is 10.1. The molecule has 0 amide bonds. The van der Waals surface area contributed by atoms with E-state index in [4.69, 9.17) is 0 Å². The van der Waals surface area contributed by atoms with Crippen LogP contribution in [0, 0.1) is 17.0 Å². The topological polar surface area (TPSA) is 68.1 Å². The van der Waals surface area contributed by atoms with Crippen molar-refractivity contribution in [2.45, 2.75) is 20.0 Å². The highest BCUT2D eigenvalue weighted by atomic mass is 32.1. The largest absolute Gasteiger partial charge is 0.308 e. The lowest BCUT2D eigenvalue weighted by molar-refractivity contribution is -0.385. The molecular formula is C12H13N3O2S. The minimum absolute atomic E-state index is 0.173. The number of nitrogens with zero attached hydrogens (tertiary/aromatic N) is 2. The Bertz CT molecular complexity index is 540. The number of nitro benzene ring substituents is 1. The highest BCUT2D eigenvalue weighted by molar-refractivity contribution is 7.09. The van der Waals surface area contributed by atoms with Gasteiger partial charge in [0.15, 0.2) is 0 Å². The van der Waals surface area contributed by atoms with Gasteiger partial charge >= 0.3 is 0 Å². The molecule has 0 bridgehead atoms. The summed E-state index contributed by atoms with van der Waals surface area (Å²) in [6.45, 7) is 3.08. The van der Waals surface area contributed by atoms with Crippen molar-refractivity contribution in [3.05, 3.63) is 56.0 Å². The molecule has 0 aliphatic heterocycles. The summed E-state index contributed by atoms with van der Waals surface area (Å²) < 4.78 is 0. The molecule has 6 heteroatoms. The molecule has 18 heavy (non-hydrogen) atoms. The fraction of sp³-hybridized carbons (Fsp3) is 0.250. The molecule has 1 N–H and O–H groups in total. The lowest BCUT2D eigenvalue weighted by Gasteiger charge is -2.04. The lowest BCUT2D eigenvalue weighted by Crippen LogP contribution is -2.12. The Morgan fingerprint density at radius 3 is 2.94 bits per heavy atom. The van der Waals surface area contributed by atoms with E-state index in [-0.39, 0.29) is 10.6 Å². The number of hydrogen-bond donors (Lipinski definition) is 1. The number of thiazole rings is 1. The summed E-state index contributed by atoms with van der Waals surface area (Å²) >= 11 is 1.59. The highest BCUT2D eigenvalue weighted by Crippen LogP contribution is 2.19. The Labute approximate surface area is 109 Å². The maximum Gasteiger partial charge on any atom is 0.272 e. The van der Waals surface area contributed by atoms with E-state index >= 15 is 0 Å². The van der Waals surface area contributed by atoms with Crippen LogP contribution in [-0.2, 0) is 13.1 Å². The first-order valence-corrected chi connectivity index (χ1v) is 6.37. The molecule has 0 atom stereocenters. The molecule has 2 rings (SSSR count). The standard InChI is InChI=1S/C12H13N3O2S/c1-9-2-3-10(4-12(9)15(16)17)5-13-6-11-7-14-8-18-11/h2-4,7-8,13H,5-6H2,1H3. The van der Waals surface area contributed by atoms with Crippen molar-refractivity contribution >= 4 is 17.0 Å². The van der Waals surface area contributed by atoms with Gasteiger partial charge in [0.25, 0.3) is 5.69 Å². The van der Waals surface area contributed by atoms with Gasteiger partial charge in [-0.25, -0.2) is 0 Å². The van der Waals surface area contributed by atoms with Crippen LogP contribution in [0.25, 0.3) is 0 Å². The van der Waals surface area contributed by atoms with Gasteiger partial charge in [-0.1, -0.05) is 12.1 Å². The van der Waals surface area contributed by atoms with Crippen LogP contribution in [0.2, 0.25) is 0 Å². The molecule has 0 saturated heterocycles. The van der Waals surface area contributed by atoms with Crippen LogP contribution in [0.5, 0.6) is 0 Å². The number of aromatic nitrogens is 1. The molecule has 0 unspecified atom stereocenters. The van der Waals surface area contributed by atoms with Crippen LogP contribution < -0.4 is 5.32 Å². The van der Waals surface area contributed by atoms with E-state index < -0.39 is 0 Å². The van der Waals surface area contributed by atoms with Crippen molar-refractivity contribution in [3.63, 3.8) is 0 Å². The molecule has 2 aromatic rings. The Balaban J connectivity index is 1.97. The number of nitrogens with one attached hydrogen (secondary N) is 1. The molecular weight excluding hydrogens is 250 g/mol. The van der Waals surface area contributed by atoms with Crippen molar-refractivity contribution in [1.29, 1.82) is 0 Å². The third-order valence-electron chi connectivity index (χ3n) is 2.58. The first kappa shape index (κ1) is 12.7. The molecule has 1 aromatic carbocycles. The zero-order chi connectivity index (χ0) is 13.0. The average molecular weight is 263 g/mol. The van der Waals surface area contributed by atoms with Crippen molar-refractivity contribution in [3.8, 4) is 0 Å². The first-order chi connectivity index (χ1) is 8.66. The number of benzene rings is 1. The van der Waals surface area contributed by atoms with Gasteiger partial charge in [-0.15, -0.1) is 11.3 Å². The van der Waals surface area contributed by atoms with Crippen molar-refractivity contribution < 1.29 is 4.92 Å². The van der Waals surface area contributed by atoms with Crippen LogP contribution >= 0.6 is 11.3 Å². The van der Waals surface area contributed by atoms with Crippen LogP contribution in [-0.4, -0.2) is 9.91 Å². The van der Waals surface area contributed by atoms with E-state index in [0.717, 1.165) is 17.0 Å². The van der Waals surface area contributed by atoms with Crippen LogP contribution in [0.1, 0.15) is 16.0 Å². The van der Waals surface area contributed by atoms with E-state index in [2.05, 4.69) is 10.3 Å². The van der Waals surface area contributed by atoms with E-state index in [9.17, 15) is 10.1 Å². The second-order valence-electron chi connectivity index (χ2n) is 3.95. The second kappa shape index (κ2) is 5.70. The fourth-order valence-electron chi connectivity index (χ4n) is 1.62. The highest BCUT2D eigenvalue weighted by Gasteiger charge is 2.10. The summed E-state index contributed by atoms with van der Waals surface area (Å²) in [6.07, 6.45) is 1.81. The van der Waals surface area contributed by atoms with Gasteiger partial charge in [0.05, 0.1) is 10.4 Å². The number of aryl methyl sites for hydroxylation is 1. The van der Waals surface area contributed by atoms with Crippen molar-refractivity contribution in [1.82, 2.24) is 10.3 Å². The average Bonchev–Trinajstić information content (AvgIpc) is 2.84. The molecule has 0 radical (unpaired) electrons. The van der Waals surface area contributed by atoms with Crippen molar-refractivity contribution in [2.75, 3.05) is 0 Å². The second-order valence-corrected chi connectivity index (χ2v) is 4.92. The Morgan fingerprint density at radius 2 is 2.28 bits per heavy atom. The minimum Gasteiger partial charge on any atom is -0.308 e. The quantitative estimate of drug-likeness (QED) is 0.665. The summed E-state index contributed by atoms with van der Waals surface area (Å²) in [4.78, 5) is 15.6. The van der Waals surface area contributed by atoms with Gasteiger partial charge in [0.1, 0.15) is 0 Å². The number of nitro groups is 1. The third-order valence-corrected chi connectivity index (χ3v) is 3.36. The summed E-state index contributed by atoms with van der Waals surface area (Å²) in [5, 5.41) is 14.1. The van der Waals surface area contributed by atoms with E-state index in [1.54, 1.807) is 35.9 Å².